The lowest BCUT2D eigenvalue weighted by molar-refractivity contribution is 0.566. The van der Waals surface area contributed by atoms with Crippen molar-refractivity contribution in [2.45, 2.75) is 19.5 Å². The van der Waals surface area contributed by atoms with Gasteiger partial charge in [0.05, 0.1) is 5.69 Å². The Morgan fingerprint density at radius 1 is 1.29 bits per heavy atom. The van der Waals surface area contributed by atoms with Crippen molar-refractivity contribution in [3.05, 3.63) is 76.6 Å². The first-order valence-electron chi connectivity index (χ1n) is 6.84. The van der Waals surface area contributed by atoms with Crippen molar-refractivity contribution in [3.63, 3.8) is 0 Å². The molecule has 0 bridgehead atoms. The first-order valence-corrected chi connectivity index (χ1v) is 6.84. The molecule has 0 saturated carbocycles. The molecule has 0 aromatic carbocycles. The highest BCUT2D eigenvalue weighted by atomic mass is 16.1. The number of aromatic nitrogens is 3. The molecule has 0 fully saturated rings. The highest BCUT2D eigenvalue weighted by molar-refractivity contribution is 5.38. The van der Waals surface area contributed by atoms with Gasteiger partial charge in [0.2, 0.25) is 0 Å². The molecule has 0 amide bonds. The predicted octanol–water partition coefficient (Wildman–Crippen LogP) is 1.94. The van der Waals surface area contributed by atoms with E-state index < -0.39 is 0 Å². The summed E-state index contributed by atoms with van der Waals surface area (Å²) in [6, 6.07) is 11.2. The molecule has 106 valence electrons. The predicted molar refractivity (Wildman–Crippen MR) is 81.0 cm³/mol. The molecule has 5 nitrogen and oxygen atoms in total. The van der Waals surface area contributed by atoms with Gasteiger partial charge < -0.3 is 5.32 Å². The molecular weight excluding hydrogens is 264 g/mol. The van der Waals surface area contributed by atoms with Gasteiger partial charge in [-0.05, 0) is 30.7 Å². The van der Waals surface area contributed by atoms with Gasteiger partial charge in [-0.15, -0.1) is 0 Å². The van der Waals surface area contributed by atoms with Gasteiger partial charge in [0.25, 0.3) is 5.56 Å². The smallest absolute Gasteiger partial charge is 0.258 e. The van der Waals surface area contributed by atoms with E-state index >= 15 is 0 Å². The van der Waals surface area contributed by atoms with Crippen molar-refractivity contribution in [2.75, 3.05) is 0 Å². The summed E-state index contributed by atoms with van der Waals surface area (Å²) in [6.45, 7) is 2.60. The Bertz CT molecular complexity index is 798. The molecular formula is C16H16N4O. The minimum Gasteiger partial charge on any atom is -0.305 e. The average molecular weight is 280 g/mol. The molecule has 3 aromatic rings. The maximum absolute atomic E-state index is 12.0. The minimum atomic E-state index is -0.0635. The van der Waals surface area contributed by atoms with Crippen molar-refractivity contribution in [1.29, 1.82) is 0 Å². The van der Waals surface area contributed by atoms with Crippen LogP contribution in [0.25, 0.3) is 5.65 Å². The van der Waals surface area contributed by atoms with Crippen LogP contribution in [0.3, 0.4) is 0 Å². The lowest BCUT2D eigenvalue weighted by atomic mass is 10.1. The van der Waals surface area contributed by atoms with Gasteiger partial charge in [-0.3, -0.25) is 14.2 Å². The molecule has 0 aliphatic carbocycles. The summed E-state index contributed by atoms with van der Waals surface area (Å²) in [5.41, 5.74) is 2.44. The van der Waals surface area contributed by atoms with E-state index in [-0.39, 0.29) is 11.6 Å². The summed E-state index contributed by atoms with van der Waals surface area (Å²) in [5.74, 6) is 0. The lowest BCUT2D eigenvalue weighted by Crippen LogP contribution is -2.22. The third-order valence-corrected chi connectivity index (χ3v) is 3.40. The van der Waals surface area contributed by atoms with Gasteiger partial charge in [0.15, 0.2) is 0 Å². The van der Waals surface area contributed by atoms with E-state index in [1.165, 1.54) is 4.40 Å². The second-order valence-electron chi connectivity index (χ2n) is 4.90. The quantitative estimate of drug-likeness (QED) is 0.793. The SMILES string of the molecule is C[C@H](NCc1cc(=O)n2ccccc2n1)c1cccnc1. The van der Waals surface area contributed by atoms with E-state index in [0.29, 0.717) is 12.2 Å². The van der Waals surface area contributed by atoms with E-state index in [4.69, 9.17) is 0 Å². The number of nitrogens with one attached hydrogen (secondary N) is 1. The number of nitrogens with zero attached hydrogens (tertiary/aromatic N) is 3. The van der Waals surface area contributed by atoms with Crippen molar-refractivity contribution in [3.8, 4) is 0 Å². The van der Waals surface area contributed by atoms with Crippen LogP contribution in [0.5, 0.6) is 0 Å². The van der Waals surface area contributed by atoms with Gasteiger partial charge in [0.1, 0.15) is 5.65 Å². The molecule has 0 aliphatic rings. The number of rotatable bonds is 4. The van der Waals surface area contributed by atoms with Crippen LogP contribution in [-0.2, 0) is 6.54 Å². The van der Waals surface area contributed by atoms with Crippen LogP contribution >= 0.6 is 0 Å². The number of hydrogen-bond acceptors (Lipinski definition) is 4. The van der Waals surface area contributed by atoms with Crippen LogP contribution in [-0.4, -0.2) is 14.4 Å². The van der Waals surface area contributed by atoms with Crippen LogP contribution in [0.4, 0.5) is 0 Å². The second-order valence-corrected chi connectivity index (χ2v) is 4.90. The Morgan fingerprint density at radius 2 is 2.19 bits per heavy atom. The van der Waals surface area contributed by atoms with Gasteiger partial charge >= 0.3 is 0 Å². The van der Waals surface area contributed by atoms with Crippen LogP contribution in [0, 0.1) is 0 Å². The van der Waals surface area contributed by atoms with Crippen molar-refractivity contribution >= 4 is 5.65 Å². The molecule has 0 unspecified atom stereocenters. The summed E-state index contributed by atoms with van der Waals surface area (Å²) >= 11 is 0. The molecule has 1 N–H and O–H groups in total. The van der Waals surface area contributed by atoms with Crippen LogP contribution in [0.1, 0.15) is 24.2 Å². The Balaban J connectivity index is 1.78. The molecule has 1 atom stereocenters. The fourth-order valence-corrected chi connectivity index (χ4v) is 2.20. The Kier molecular flexibility index (Phi) is 3.75. The van der Waals surface area contributed by atoms with Gasteiger partial charge in [0, 0.05) is 37.2 Å². The zero-order valence-corrected chi connectivity index (χ0v) is 11.7. The summed E-state index contributed by atoms with van der Waals surface area (Å²) in [7, 11) is 0. The molecule has 5 heteroatoms. The van der Waals surface area contributed by atoms with Gasteiger partial charge in [-0.25, -0.2) is 4.98 Å². The molecule has 0 aliphatic heterocycles. The molecule has 0 saturated heterocycles. The summed E-state index contributed by atoms with van der Waals surface area (Å²) in [5, 5.41) is 3.36. The Hall–Kier alpha value is -2.53. The second kappa shape index (κ2) is 5.85. The fourth-order valence-electron chi connectivity index (χ4n) is 2.20. The molecule has 3 heterocycles. The summed E-state index contributed by atoms with van der Waals surface area (Å²) < 4.78 is 1.54. The minimum absolute atomic E-state index is 0.0635. The number of hydrogen-bond donors (Lipinski definition) is 1. The van der Waals surface area contributed by atoms with Crippen LogP contribution < -0.4 is 10.9 Å². The van der Waals surface area contributed by atoms with Crippen LogP contribution in [0.15, 0.2) is 59.8 Å². The lowest BCUT2D eigenvalue weighted by Gasteiger charge is -2.13. The molecule has 3 aromatic heterocycles. The van der Waals surface area contributed by atoms with E-state index in [0.717, 1.165) is 11.3 Å². The average Bonchev–Trinajstić information content (AvgIpc) is 2.53. The topological polar surface area (TPSA) is 59.3 Å². The highest BCUT2D eigenvalue weighted by Crippen LogP contribution is 2.10. The summed E-state index contributed by atoms with van der Waals surface area (Å²) in [6.07, 6.45) is 5.31. The standard InChI is InChI=1S/C16H16N4O/c1-12(13-5-4-7-17-10-13)18-11-14-9-16(21)20-8-3-2-6-15(20)19-14/h2-10,12,18H,11H2,1H3/t12-/m0/s1. The maximum atomic E-state index is 12.0. The first-order chi connectivity index (χ1) is 10.2. The maximum Gasteiger partial charge on any atom is 0.258 e. The van der Waals surface area contributed by atoms with Crippen molar-refractivity contribution in [2.24, 2.45) is 0 Å². The number of pyridine rings is 2. The third kappa shape index (κ3) is 2.98. The Morgan fingerprint density at radius 3 is 3.00 bits per heavy atom. The zero-order valence-electron chi connectivity index (χ0n) is 11.7. The molecule has 3 rings (SSSR count). The molecule has 21 heavy (non-hydrogen) atoms. The fraction of sp³-hybridized carbons (Fsp3) is 0.188. The largest absolute Gasteiger partial charge is 0.305 e. The number of fused-ring (bicyclic) bond motifs is 1. The highest BCUT2D eigenvalue weighted by Gasteiger charge is 2.06. The Labute approximate surface area is 122 Å². The first kappa shape index (κ1) is 13.5. The van der Waals surface area contributed by atoms with Crippen LogP contribution in [0.2, 0.25) is 0 Å². The monoisotopic (exact) mass is 280 g/mol. The zero-order chi connectivity index (χ0) is 14.7. The van der Waals surface area contributed by atoms with Crippen molar-refractivity contribution in [1.82, 2.24) is 19.7 Å². The van der Waals surface area contributed by atoms with E-state index in [2.05, 4.69) is 22.2 Å². The van der Waals surface area contributed by atoms with Gasteiger partial charge in [-0.2, -0.15) is 0 Å². The van der Waals surface area contributed by atoms with Gasteiger partial charge in [-0.1, -0.05) is 12.1 Å². The molecule has 0 radical (unpaired) electrons. The summed E-state index contributed by atoms with van der Waals surface area (Å²) in [4.78, 5) is 20.6. The van der Waals surface area contributed by atoms with Crippen molar-refractivity contribution < 1.29 is 0 Å². The normalized spacial score (nSPS) is 12.4. The van der Waals surface area contributed by atoms with E-state index in [9.17, 15) is 4.79 Å². The molecule has 0 spiro atoms. The van der Waals surface area contributed by atoms with E-state index in [1.807, 2.05) is 36.5 Å². The van der Waals surface area contributed by atoms with E-state index in [1.54, 1.807) is 18.5 Å². The third-order valence-electron chi connectivity index (χ3n) is 3.40.